The molecular weight excluding hydrogens is 365 g/mol. The van der Waals surface area contributed by atoms with Crippen LogP contribution in [0.25, 0.3) is 22.0 Å². The van der Waals surface area contributed by atoms with Crippen LogP contribution in [0, 0.1) is 17.7 Å². The van der Waals surface area contributed by atoms with Crippen LogP contribution < -0.4 is 4.74 Å². The van der Waals surface area contributed by atoms with E-state index >= 15 is 0 Å². The highest BCUT2D eigenvalue weighted by molar-refractivity contribution is 5.94. The van der Waals surface area contributed by atoms with Crippen molar-refractivity contribution in [2.75, 3.05) is 6.61 Å². The average molecular weight is 388 g/mol. The summed E-state index contributed by atoms with van der Waals surface area (Å²) < 4.78 is 46.3. The Kier molecular flexibility index (Phi) is 6.17. The van der Waals surface area contributed by atoms with E-state index in [2.05, 4.69) is 23.8 Å². The van der Waals surface area contributed by atoms with E-state index in [0.29, 0.717) is 34.6 Å². The van der Waals surface area contributed by atoms with Gasteiger partial charge in [0.15, 0.2) is 0 Å². The van der Waals surface area contributed by atoms with Crippen LogP contribution in [0.5, 0.6) is 5.88 Å². The summed E-state index contributed by atoms with van der Waals surface area (Å²) in [6, 6.07) is 7.32. The zero-order chi connectivity index (χ0) is 20.3. The third-order valence-electron chi connectivity index (χ3n) is 4.51. The van der Waals surface area contributed by atoms with Gasteiger partial charge in [-0.3, -0.25) is 4.98 Å². The first kappa shape index (κ1) is 20.1. The molecule has 1 aromatic carbocycles. The second-order valence-corrected chi connectivity index (χ2v) is 7.48. The minimum atomic E-state index is -2.71. The summed E-state index contributed by atoms with van der Waals surface area (Å²) in [6.07, 6.45) is 1.26. The quantitative estimate of drug-likeness (QED) is 0.467. The lowest BCUT2D eigenvalue weighted by atomic mass is 10.00. The second-order valence-electron chi connectivity index (χ2n) is 7.48. The number of halogens is 3. The predicted octanol–water partition coefficient (Wildman–Crippen LogP) is 6.43. The lowest BCUT2D eigenvalue weighted by Gasteiger charge is -2.17. The fourth-order valence-electron chi connectivity index (χ4n) is 3.36. The van der Waals surface area contributed by atoms with E-state index in [-0.39, 0.29) is 17.4 Å². The molecule has 0 amide bonds. The Morgan fingerprint density at radius 2 is 1.82 bits per heavy atom. The summed E-state index contributed by atoms with van der Waals surface area (Å²) in [7, 11) is 0. The minimum absolute atomic E-state index is 0.0428. The molecule has 0 N–H and O–H groups in total. The van der Waals surface area contributed by atoms with E-state index in [4.69, 9.17) is 4.74 Å². The zero-order valence-corrected chi connectivity index (χ0v) is 16.1. The number of fused-ring (bicyclic) bond motifs is 1. The number of hydrogen-bond donors (Lipinski definition) is 0. The van der Waals surface area contributed by atoms with E-state index in [0.717, 1.165) is 6.42 Å². The van der Waals surface area contributed by atoms with E-state index < -0.39 is 12.2 Å². The zero-order valence-electron chi connectivity index (χ0n) is 16.1. The van der Waals surface area contributed by atoms with Crippen molar-refractivity contribution < 1.29 is 17.9 Å². The van der Waals surface area contributed by atoms with Crippen LogP contribution in [0.1, 0.15) is 39.2 Å². The van der Waals surface area contributed by atoms with Gasteiger partial charge in [0.2, 0.25) is 5.88 Å². The Balaban J connectivity index is 1.93. The molecule has 3 aromatic rings. The predicted molar refractivity (Wildman–Crippen MR) is 104 cm³/mol. The number of aromatic nitrogens is 2. The van der Waals surface area contributed by atoms with Crippen LogP contribution in [-0.4, -0.2) is 16.6 Å². The first-order valence-electron chi connectivity index (χ1n) is 9.30. The second kappa shape index (κ2) is 8.59. The summed E-state index contributed by atoms with van der Waals surface area (Å²) >= 11 is 0. The fraction of sp³-hybridized carbons (Fsp3) is 0.364. The minimum Gasteiger partial charge on any atom is -0.477 e. The molecule has 148 valence electrons. The normalized spacial score (nSPS) is 12.7. The number of nitrogens with zero attached hydrogens (tertiary/aromatic N) is 2. The molecular formula is C22H23F3N2O. The number of pyridine rings is 2. The van der Waals surface area contributed by atoms with Gasteiger partial charge in [-0.25, -0.2) is 18.2 Å². The van der Waals surface area contributed by atoms with Crippen LogP contribution in [0.2, 0.25) is 0 Å². The summed E-state index contributed by atoms with van der Waals surface area (Å²) in [5.74, 6) is 0.306. The molecule has 1 atom stereocenters. The van der Waals surface area contributed by atoms with Crippen LogP contribution in [0.4, 0.5) is 13.2 Å². The van der Waals surface area contributed by atoms with Crippen LogP contribution in [-0.2, 0) is 0 Å². The molecule has 0 saturated heterocycles. The van der Waals surface area contributed by atoms with Crippen molar-refractivity contribution in [2.45, 2.75) is 33.6 Å². The van der Waals surface area contributed by atoms with Crippen LogP contribution in [0.15, 0.2) is 42.7 Å². The van der Waals surface area contributed by atoms with Crippen molar-refractivity contribution in [3.63, 3.8) is 0 Å². The van der Waals surface area contributed by atoms with Crippen molar-refractivity contribution in [1.82, 2.24) is 9.97 Å². The molecule has 0 radical (unpaired) electrons. The van der Waals surface area contributed by atoms with Gasteiger partial charge in [0.25, 0.3) is 6.43 Å². The third-order valence-corrected chi connectivity index (χ3v) is 4.51. The molecule has 0 aliphatic rings. The van der Waals surface area contributed by atoms with Crippen molar-refractivity contribution >= 4 is 10.9 Å². The Hall–Kier alpha value is -2.63. The van der Waals surface area contributed by atoms with Crippen LogP contribution >= 0.6 is 0 Å². The maximum atomic E-state index is 13.6. The largest absolute Gasteiger partial charge is 0.477 e. The SMILES string of the molecule is CC(C)CC(C)COc1ncc(-c2ccnc3cc(F)ccc23)cc1C(F)F. The molecule has 0 aliphatic carbocycles. The summed E-state index contributed by atoms with van der Waals surface area (Å²) in [5.41, 5.74) is 1.39. The Labute approximate surface area is 162 Å². The fourth-order valence-corrected chi connectivity index (χ4v) is 3.36. The maximum absolute atomic E-state index is 13.6. The van der Waals surface area contributed by atoms with Gasteiger partial charge in [-0.1, -0.05) is 20.8 Å². The highest BCUT2D eigenvalue weighted by Crippen LogP contribution is 2.34. The summed E-state index contributed by atoms with van der Waals surface area (Å²) in [4.78, 5) is 8.30. The van der Waals surface area contributed by atoms with Gasteiger partial charge in [-0.2, -0.15) is 0 Å². The first-order chi connectivity index (χ1) is 13.3. The molecule has 6 heteroatoms. The van der Waals surface area contributed by atoms with Crippen molar-refractivity contribution in [2.24, 2.45) is 11.8 Å². The van der Waals surface area contributed by atoms with Crippen LogP contribution in [0.3, 0.4) is 0 Å². The van der Waals surface area contributed by atoms with E-state index in [1.165, 1.54) is 30.6 Å². The topological polar surface area (TPSA) is 35.0 Å². The van der Waals surface area contributed by atoms with E-state index in [9.17, 15) is 13.2 Å². The summed E-state index contributed by atoms with van der Waals surface area (Å²) in [6.45, 7) is 6.58. The Morgan fingerprint density at radius 3 is 2.54 bits per heavy atom. The summed E-state index contributed by atoms with van der Waals surface area (Å²) in [5, 5.41) is 0.671. The van der Waals surface area contributed by atoms with Gasteiger partial charge in [0, 0.05) is 29.4 Å². The van der Waals surface area contributed by atoms with Gasteiger partial charge in [-0.05, 0) is 48.1 Å². The van der Waals surface area contributed by atoms with Gasteiger partial charge < -0.3 is 4.74 Å². The van der Waals surface area contributed by atoms with Crippen molar-refractivity contribution in [1.29, 1.82) is 0 Å². The molecule has 0 aliphatic heterocycles. The number of rotatable bonds is 7. The molecule has 1 unspecified atom stereocenters. The first-order valence-corrected chi connectivity index (χ1v) is 9.30. The molecule has 0 spiro atoms. The standard InChI is InChI=1S/C22H23F3N2O/c1-13(2)8-14(3)12-28-22-19(21(24)25)9-15(11-27-22)17-6-7-26-20-10-16(23)4-5-18(17)20/h4-7,9-11,13-14,21H,8,12H2,1-3H3. The van der Waals surface area contributed by atoms with Gasteiger partial charge in [0.05, 0.1) is 17.7 Å². The monoisotopic (exact) mass is 388 g/mol. The van der Waals surface area contributed by atoms with E-state index in [1.54, 1.807) is 12.1 Å². The van der Waals surface area contributed by atoms with E-state index in [1.807, 2.05) is 6.92 Å². The number of hydrogen-bond acceptors (Lipinski definition) is 3. The highest BCUT2D eigenvalue weighted by Gasteiger charge is 2.19. The molecule has 0 saturated carbocycles. The number of ether oxygens (including phenoxy) is 1. The number of alkyl halides is 2. The Morgan fingerprint density at radius 1 is 1.04 bits per heavy atom. The third kappa shape index (κ3) is 4.61. The maximum Gasteiger partial charge on any atom is 0.269 e. The highest BCUT2D eigenvalue weighted by atomic mass is 19.3. The lowest BCUT2D eigenvalue weighted by Crippen LogP contribution is -2.12. The number of benzene rings is 1. The molecule has 0 bridgehead atoms. The van der Waals surface area contributed by atoms with Gasteiger partial charge in [-0.15, -0.1) is 0 Å². The van der Waals surface area contributed by atoms with Gasteiger partial charge in [0.1, 0.15) is 5.82 Å². The smallest absolute Gasteiger partial charge is 0.269 e. The molecule has 2 aromatic heterocycles. The average Bonchev–Trinajstić information content (AvgIpc) is 2.65. The van der Waals surface area contributed by atoms with Crippen molar-refractivity contribution in [3.8, 4) is 17.0 Å². The molecule has 3 rings (SSSR count). The molecule has 3 nitrogen and oxygen atoms in total. The molecule has 0 fully saturated rings. The lowest BCUT2D eigenvalue weighted by molar-refractivity contribution is 0.140. The van der Waals surface area contributed by atoms with Gasteiger partial charge >= 0.3 is 0 Å². The van der Waals surface area contributed by atoms with Crippen molar-refractivity contribution in [3.05, 3.63) is 54.1 Å². The Bertz CT molecular complexity index is 960. The molecule has 28 heavy (non-hydrogen) atoms. The molecule has 2 heterocycles.